The van der Waals surface area contributed by atoms with Gasteiger partial charge in [-0.3, -0.25) is 9.59 Å². The van der Waals surface area contributed by atoms with Crippen molar-refractivity contribution in [2.75, 3.05) is 24.6 Å². The monoisotopic (exact) mass is 282 g/mol. The standard InChI is InChI=1S/C12H18N4O2S/c1-8-3-2-4-16(6-8)11(18)7-19-12-14-9(13)5-10(17)15-12/h5,8H,2-4,6-7H2,1H3,(H3,13,14,15,17). The smallest absolute Gasteiger partial charge is 0.253 e. The van der Waals surface area contributed by atoms with Crippen LogP contribution in [-0.2, 0) is 4.79 Å². The van der Waals surface area contributed by atoms with Gasteiger partial charge in [-0.1, -0.05) is 18.7 Å². The molecule has 1 atom stereocenters. The van der Waals surface area contributed by atoms with Crippen molar-refractivity contribution < 1.29 is 4.79 Å². The lowest BCUT2D eigenvalue weighted by Gasteiger charge is -2.30. The number of piperidine rings is 1. The third-order valence-corrected chi connectivity index (χ3v) is 3.94. The first-order valence-corrected chi connectivity index (χ1v) is 7.30. The second kappa shape index (κ2) is 6.10. The topological polar surface area (TPSA) is 92.1 Å². The molecule has 1 aromatic heterocycles. The zero-order valence-corrected chi connectivity index (χ0v) is 11.7. The summed E-state index contributed by atoms with van der Waals surface area (Å²) in [5.41, 5.74) is 5.19. The summed E-state index contributed by atoms with van der Waals surface area (Å²) in [6.45, 7) is 3.80. The fourth-order valence-electron chi connectivity index (χ4n) is 2.16. The van der Waals surface area contributed by atoms with Gasteiger partial charge in [-0.2, -0.15) is 0 Å². The van der Waals surface area contributed by atoms with Gasteiger partial charge in [-0.05, 0) is 18.8 Å². The maximum absolute atomic E-state index is 12.0. The van der Waals surface area contributed by atoms with Crippen molar-refractivity contribution >= 4 is 23.5 Å². The van der Waals surface area contributed by atoms with Crippen LogP contribution < -0.4 is 11.3 Å². The Hall–Kier alpha value is -1.50. The number of thioether (sulfide) groups is 1. The van der Waals surface area contributed by atoms with E-state index in [0.29, 0.717) is 11.1 Å². The molecule has 1 aliphatic heterocycles. The number of aromatic nitrogens is 2. The van der Waals surface area contributed by atoms with E-state index < -0.39 is 0 Å². The summed E-state index contributed by atoms with van der Waals surface area (Å²) in [4.78, 5) is 31.7. The van der Waals surface area contributed by atoms with Gasteiger partial charge in [-0.15, -0.1) is 0 Å². The second-order valence-corrected chi connectivity index (χ2v) is 5.82. The highest BCUT2D eigenvalue weighted by Crippen LogP contribution is 2.18. The molecule has 19 heavy (non-hydrogen) atoms. The molecular formula is C12H18N4O2S. The average Bonchev–Trinajstić information content (AvgIpc) is 2.35. The third-order valence-electron chi connectivity index (χ3n) is 3.08. The largest absolute Gasteiger partial charge is 0.383 e. The summed E-state index contributed by atoms with van der Waals surface area (Å²) in [7, 11) is 0. The fraction of sp³-hybridized carbons (Fsp3) is 0.583. The molecule has 1 saturated heterocycles. The highest BCUT2D eigenvalue weighted by molar-refractivity contribution is 7.99. The Morgan fingerprint density at radius 2 is 2.47 bits per heavy atom. The van der Waals surface area contributed by atoms with Crippen LogP contribution in [0.25, 0.3) is 0 Å². The van der Waals surface area contributed by atoms with Crippen molar-refractivity contribution in [1.82, 2.24) is 14.9 Å². The first-order chi connectivity index (χ1) is 9.04. The molecule has 0 spiro atoms. The molecule has 2 rings (SSSR count). The molecular weight excluding hydrogens is 264 g/mol. The van der Waals surface area contributed by atoms with Crippen LogP contribution in [0.3, 0.4) is 0 Å². The molecule has 104 valence electrons. The van der Waals surface area contributed by atoms with Crippen molar-refractivity contribution in [3.8, 4) is 0 Å². The molecule has 0 aliphatic carbocycles. The SMILES string of the molecule is CC1CCCN(C(=O)CSc2nc(N)cc(=O)[nH]2)C1. The molecule has 1 unspecified atom stereocenters. The van der Waals surface area contributed by atoms with Crippen molar-refractivity contribution in [3.63, 3.8) is 0 Å². The van der Waals surface area contributed by atoms with E-state index in [0.717, 1.165) is 19.5 Å². The normalized spacial score (nSPS) is 19.4. The number of carbonyl (C=O) groups excluding carboxylic acids is 1. The average molecular weight is 282 g/mol. The number of carbonyl (C=O) groups is 1. The second-order valence-electron chi connectivity index (χ2n) is 4.85. The number of rotatable bonds is 3. The van der Waals surface area contributed by atoms with E-state index in [-0.39, 0.29) is 23.0 Å². The molecule has 0 aromatic carbocycles. The number of hydrogen-bond donors (Lipinski definition) is 2. The molecule has 1 amide bonds. The van der Waals surface area contributed by atoms with Gasteiger partial charge in [0.05, 0.1) is 5.75 Å². The Morgan fingerprint density at radius 1 is 1.68 bits per heavy atom. The van der Waals surface area contributed by atoms with Crippen molar-refractivity contribution in [2.24, 2.45) is 5.92 Å². The summed E-state index contributed by atoms with van der Waals surface area (Å²) < 4.78 is 0. The number of aromatic amines is 1. The Balaban J connectivity index is 1.91. The minimum Gasteiger partial charge on any atom is -0.383 e. The van der Waals surface area contributed by atoms with Crippen LogP contribution in [0, 0.1) is 5.92 Å². The Morgan fingerprint density at radius 3 is 3.16 bits per heavy atom. The van der Waals surface area contributed by atoms with Crippen LogP contribution >= 0.6 is 11.8 Å². The number of likely N-dealkylation sites (tertiary alicyclic amines) is 1. The fourth-order valence-corrected chi connectivity index (χ4v) is 2.94. The minimum atomic E-state index is -0.297. The van der Waals surface area contributed by atoms with Crippen molar-refractivity contribution in [3.05, 3.63) is 16.4 Å². The van der Waals surface area contributed by atoms with E-state index in [4.69, 9.17) is 5.73 Å². The molecule has 1 aliphatic rings. The number of nitrogens with one attached hydrogen (secondary N) is 1. The molecule has 0 bridgehead atoms. The van der Waals surface area contributed by atoms with Crippen molar-refractivity contribution in [2.45, 2.75) is 24.9 Å². The summed E-state index contributed by atoms with van der Waals surface area (Å²) in [5, 5.41) is 0.392. The van der Waals surface area contributed by atoms with Gasteiger partial charge in [0.25, 0.3) is 5.56 Å². The number of amides is 1. The number of nitrogens with zero attached hydrogens (tertiary/aromatic N) is 2. The summed E-state index contributed by atoms with van der Waals surface area (Å²) >= 11 is 1.21. The zero-order chi connectivity index (χ0) is 13.8. The lowest BCUT2D eigenvalue weighted by atomic mass is 10.0. The summed E-state index contributed by atoms with van der Waals surface area (Å²) in [5.74, 6) is 1.10. The molecule has 2 heterocycles. The van der Waals surface area contributed by atoms with E-state index in [9.17, 15) is 9.59 Å². The van der Waals surface area contributed by atoms with E-state index in [1.165, 1.54) is 24.2 Å². The zero-order valence-electron chi connectivity index (χ0n) is 10.9. The quantitative estimate of drug-likeness (QED) is 0.629. The summed E-state index contributed by atoms with van der Waals surface area (Å²) in [6.07, 6.45) is 2.24. The first-order valence-electron chi connectivity index (χ1n) is 6.32. The summed E-state index contributed by atoms with van der Waals surface area (Å²) in [6, 6.07) is 1.22. The molecule has 1 fully saturated rings. The Bertz CT molecular complexity index is 517. The van der Waals surface area contributed by atoms with E-state index in [2.05, 4.69) is 16.9 Å². The van der Waals surface area contributed by atoms with Crippen molar-refractivity contribution in [1.29, 1.82) is 0 Å². The highest BCUT2D eigenvalue weighted by atomic mass is 32.2. The predicted octanol–water partition coefficient (Wildman–Crippen LogP) is 0.703. The van der Waals surface area contributed by atoms with Crippen LogP contribution in [0.5, 0.6) is 0 Å². The number of anilines is 1. The molecule has 3 N–H and O–H groups in total. The van der Waals surface area contributed by atoms with Gasteiger partial charge in [0, 0.05) is 19.2 Å². The van der Waals surface area contributed by atoms with Gasteiger partial charge < -0.3 is 15.6 Å². The predicted molar refractivity (Wildman–Crippen MR) is 75.0 cm³/mol. The number of nitrogens with two attached hydrogens (primary N) is 1. The van der Waals surface area contributed by atoms with E-state index in [1.54, 1.807) is 0 Å². The van der Waals surface area contributed by atoms with Crippen LogP contribution in [0.4, 0.5) is 5.82 Å². The van der Waals surface area contributed by atoms with Gasteiger partial charge in [-0.25, -0.2) is 4.98 Å². The number of hydrogen-bond acceptors (Lipinski definition) is 5. The molecule has 1 aromatic rings. The number of H-pyrrole nitrogens is 1. The third kappa shape index (κ3) is 3.99. The maximum atomic E-state index is 12.0. The Labute approximate surface area is 115 Å². The van der Waals surface area contributed by atoms with Gasteiger partial charge in [0.2, 0.25) is 5.91 Å². The highest BCUT2D eigenvalue weighted by Gasteiger charge is 2.20. The molecule has 7 heteroatoms. The minimum absolute atomic E-state index is 0.0848. The van der Waals surface area contributed by atoms with Crippen LogP contribution in [0.1, 0.15) is 19.8 Å². The van der Waals surface area contributed by atoms with Gasteiger partial charge >= 0.3 is 0 Å². The molecule has 6 nitrogen and oxygen atoms in total. The first kappa shape index (κ1) is 13.9. The molecule has 0 saturated carbocycles. The number of nitrogen functional groups attached to an aromatic ring is 1. The lowest BCUT2D eigenvalue weighted by Crippen LogP contribution is -2.40. The van der Waals surface area contributed by atoms with Gasteiger partial charge in [0.15, 0.2) is 5.16 Å². The lowest BCUT2D eigenvalue weighted by molar-refractivity contribution is -0.130. The van der Waals surface area contributed by atoms with Crippen LogP contribution in [0.2, 0.25) is 0 Å². The molecule has 0 radical (unpaired) electrons. The van der Waals surface area contributed by atoms with E-state index in [1.807, 2.05) is 4.90 Å². The van der Waals surface area contributed by atoms with Crippen LogP contribution in [0.15, 0.2) is 16.0 Å². The van der Waals surface area contributed by atoms with Gasteiger partial charge in [0.1, 0.15) is 5.82 Å². The Kier molecular flexibility index (Phi) is 4.47. The maximum Gasteiger partial charge on any atom is 0.253 e. The van der Waals surface area contributed by atoms with Crippen LogP contribution in [-0.4, -0.2) is 39.6 Å². The van der Waals surface area contributed by atoms with E-state index >= 15 is 0 Å².